The smallest absolute Gasteiger partial charge is 0.245 e. The number of furan rings is 1. The largest absolute Gasteiger partial charge is 0.467 e. The lowest BCUT2D eigenvalue weighted by Gasteiger charge is -2.27. The molecule has 0 radical (unpaired) electrons. The Hall–Kier alpha value is -2.60. The summed E-state index contributed by atoms with van der Waals surface area (Å²) in [6, 6.07) is 12.2. The molecule has 1 aromatic carbocycles. The van der Waals surface area contributed by atoms with E-state index in [1.807, 2.05) is 30.3 Å². The highest BCUT2D eigenvalue weighted by atomic mass is 16.4. The molecular formula is C18H22N2O4. The van der Waals surface area contributed by atoms with Gasteiger partial charge < -0.3 is 19.7 Å². The topological polar surface area (TPSA) is 82.8 Å². The Balaban J connectivity index is 2.13. The van der Waals surface area contributed by atoms with Crippen molar-refractivity contribution in [2.24, 2.45) is 0 Å². The predicted octanol–water partition coefficient (Wildman–Crippen LogP) is 1.87. The average molecular weight is 330 g/mol. The van der Waals surface area contributed by atoms with Crippen molar-refractivity contribution in [2.75, 3.05) is 6.54 Å². The Bertz CT molecular complexity index is 655. The molecule has 6 nitrogen and oxygen atoms in total. The van der Waals surface area contributed by atoms with Crippen LogP contribution in [0.25, 0.3) is 0 Å². The van der Waals surface area contributed by atoms with Crippen molar-refractivity contribution in [3.63, 3.8) is 0 Å². The molecule has 2 unspecified atom stereocenters. The maximum atomic E-state index is 12.7. The first-order valence-corrected chi connectivity index (χ1v) is 7.78. The highest BCUT2D eigenvalue weighted by molar-refractivity contribution is 5.86. The van der Waals surface area contributed by atoms with Gasteiger partial charge in [-0.25, -0.2) is 0 Å². The van der Waals surface area contributed by atoms with E-state index >= 15 is 0 Å². The maximum Gasteiger partial charge on any atom is 0.245 e. The summed E-state index contributed by atoms with van der Waals surface area (Å²) in [5, 5.41) is 12.9. The van der Waals surface area contributed by atoms with Crippen LogP contribution in [-0.2, 0) is 16.1 Å². The maximum absolute atomic E-state index is 12.7. The molecule has 1 heterocycles. The molecule has 24 heavy (non-hydrogen) atoms. The summed E-state index contributed by atoms with van der Waals surface area (Å²) in [5.74, 6) is -0.144. The lowest BCUT2D eigenvalue weighted by molar-refractivity contribution is -0.137. The molecule has 0 aliphatic carbocycles. The van der Waals surface area contributed by atoms with Gasteiger partial charge in [0.1, 0.15) is 17.9 Å². The van der Waals surface area contributed by atoms with E-state index in [1.165, 1.54) is 18.1 Å². The number of hydrogen-bond donors (Lipinski definition) is 2. The van der Waals surface area contributed by atoms with E-state index in [0.29, 0.717) is 12.3 Å². The van der Waals surface area contributed by atoms with Crippen molar-refractivity contribution in [1.29, 1.82) is 0 Å². The molecule has 0 aliphatic rings. The summed E-state index contributed by atoms with van der Waals surface area (Å²) >= 11 is 0. The molecule has 0 fully saturated rings. The number of carbonyl (C=O) groups is 2. The molecule has 2 amide bonds. The van der Waals surface area contributed by atoms with Crippen LogP contribution in [0.15, 0.2) is 53.1 Å². The SMILES string of the molecule is CC(=O)NC(C)C(=O)N(Cc1ccccc1)CC(O)c1ccco1. The van der Waals surface area contributed by atoms with Gasteiger partial charge in [0.15, 0.2) is 0 Å². The van der Waals surface area contributed by atoms with E-state index in [9.17, 15) is 14.7 Å². The lowest BCUT2D eigenvalue weighted by Crippen LogP contribution is -2.47. The fraction of sp³-hybridized carbons (Fsp3) is 0.333. The number of carbonyl (C=O) groups excluding carboxylic acids is 2. The second kappa shape index (κ2) is 8.31. The summed E-state index contributed by atoms with van der Waals surface area (Å²) < 4.78 is 5.19. The summed E-state index contributed by atoms with van der Waals surface area (Å²) in [7, 11) is 0. The van der Waals surface area contributed by atoms with Gasteiger partial charge >= 0.3 is 0 Å². The minimum atomic E-state index is -0.933. The second-order valence-corrected chi connectivity index (χ2v) is 5.66. The highest BCUT2D eigenvalue weighted by Crippen LogP contribution is 2.17. The third-order valence-electron chi connectivity index (χ3n) is 3.58. The predicted molar refractivity (Wildman–Crippen MR) is 88.8 cm³/mol. The molecule has 2 atom stereocenters. The number of benzene rings is 1. The summed E-state index contributed by atoms with van der Waals surface area (Å²) in [4.78, 5) is 25.4. The molecular weight excluding hydrogens is 308 g/mol. The molecule has 128 valence electrons. The Morgan fingerprint density at radius 1 is 1.21 bits per heavy atom. The number of rotatable bonds is 7. The third kappa shape index (κ3) is 4.96. The van der Waals surface area contributed by atoms with E-state index in [0.717, 1.165) is 5.56 Å². The number of aliphatic hydroxyl groups excluding tert-OH is 1. The molecule has 0 aliphatic heterocycles. The van der Waals surface area contributed by atoms with Crippen LogP contribution in [-0.4, -0.2) is 34.4 Å². The molecule has 0 saturated carbocycles. The molecule has 2 rings (SSSR count). The van der Waals surface area contributed by atoms with Crippen LogP contribution in [0.1, 0.15) is 31.3 Å². The number of aliphatic hydroxyl groups is 1. The number of nitrogens with one attached hydrogen (secondary N) is 1. The van der Waals surface area contributed by atoms with Gasteiger partial charge in [-0.2, -0.15) is 0 Å². The molecule has 6 heteroatoms. The quantitative estimate of drug-likeness (QED) is 0.812. The first kappa shape index (κ1) is 17.7. The van der Waals surface area contributed by atoms with Crippen molar-refractivity contribution in [3.8, 4) is 0 Å². The van der Waals surface area contributed by atoms with Crippen LogP contribution in [0, 0.1) is 0 Å². The normalized spacial score (nSPS) is 13.1. The van der Waals surface area contributed by atoms with E-state index in [2.05, 4.69) is 5.32 Å². The summed E-state index contributed by atoms with van der Waals surface area (Å²) in [6.45, 7) is 3.40. The van der Waals surface area contributed by atoms with E-state index in [-0.39, 0.29) is 18.4 Å². The fourth-order valence-electron chi connectivity index (χ4n) is 2.46. The fourth-order valence-corrected chi connectivity index (χ4v) is 2.46. The second-order valence-electron chi connectivity index (χ2n) is 5.66. The van der Waals surface area contributed by atoms with Crippen molar-refractivity contribution in [2.45, 2.75) is 32.5 Å². The van der Waals surface area contributed by atoms with Gasteiger partial charge in [0.25, 0.3) is 0 Å². The minimum Gasteiger partial charge on any atom is -0.467 e. The zero-order valence-electron chi connectivity index (χ0n) is 13.8. The van der Waals surface area contributed by atoms with Crippen molar-refractivity contribution < 1.29 is 19.1 Å². The van der Waals surface area contributed by atoms with Crippen LogP contribution >= 0.6 is 0 Å². The van der Waals surface area contributed by atoms with E-state index in [1.54, 1.807) is 19.1 Å². The van der Waals surface area contributed by atoms with E-state index in [4.69, 9.17) is 4.42 Å². The van der Waals surface area contributed by atoms with Gasteiger partial charge in [-0.3, -0.25) is 9.59 Å². The monoisotopic (exact) mass is 330 g/mol. The number of nitrogens with zero attached hydrogens (tertiary/aromatic N) is 1. The van der Waals surface area contributed by atoms with Crippen LogP contribution in [0.3, 0.4) is 0 Å². The standard InChI is InChI=1S/C18H22N2O4/c1-13(19-14(2)21)18(23)20(11-15-7-4-3-5-8-15)12-16(22)17-9-6-10-24-17/h3-10,13,16,22H,11-12H2,1-2H3,(H,19,21). The highest BCUT2D eigenvalue weighted by Gasteiger charge is 2.25. The molecule has 1 aromatic heterocycles. The third-order valence-corrected chi connectivity index (χ3v) is 3.58. The lowest BCUT2D eigenvalue weighted by atomic mass is 10.1. The average Bonchev–Trinajstić information content (AvgIpc) is 3.08. The molecule has 2 aromatic rings. The van der Waals surface area contributed by atoms with Crippen molar-refractivity contribution >= 4 is 11.8 Å². The van der Waals surface area contributed by atoms with Gasteiger partial charge in [0.2, 0.25) is 11.8 Å². The van der Waals surface area contributed by atoms with E-state index < -0.39 is 12.1 Å². The molecule has 0 saturated heterocycles. The Morgan fingerprint density at radius 3 is 2.50 bits per heavy atom. The molecule has 0 bridgehead atoms. The zero-order valence-corrected chi connectivity index (χ0v) is 13.8. The summed E-state index contributed by atoms with van der Waals surface area (Å²) in [6.07, 6.45) is 0.541. The van der Waals surface area contributed by atoms with Gasteiger partial charge in [-0.15, -0.1) is 0 Å². The van der Waals surface area contributed by atoms with Crippen LogP contribution < -0.4 is 5.32 Å². The van der Waals surface area contributed by atoms with Crippen molar-refractivity contribution in [1.82, 2.24) is 10.2 Å². The molecule has 0 spiro atoms. The van der Waals surface area contributed by atoms with Crippen LogP contribution in [0.4, 0.5) is 0 Å². The minimum absolute atomic E-state index is 0.0746. The Labute approximate surface area is 141 Å². The Kier molecular flexibility index (Phi) is 6.14. The van der Waals surface area contributed by atoms with Gasteiger partial charge in [0.05, 0.1) is 12.8 Å². The van der Waals surface area contributed by atoms with Gasteiger partial charge in [-0.05, 0) is 24.6 Å². The van der Waals surface area contributed by atoms with Gasteiger partial charge in [0, 0.05) is 13.5 Å². The Morgan fingerprint density at radius 2 is 1.92 bits per heavy atom. The summed E-state index contributed by atoms with van der Waals surface area (Å²) in [5.41, 5.74) is 0.938. The van der Waals surface area contributed by atoms with Crippen LogP contribution in [0.2, 0.25) is 0 Å². The zero-order chi connectivity index (χ0) is 17.5. The molecule has 2 N–H and O–H groups in total. The van der Waals surface area contributed by atoms with Crippen LogP contribution in [0.5, 0.6) is 0 Å². The number of hydrogen-bond acceptors (Lipinski definition) is 4. The first-order chi connectivity index (χ1) is 11.5. The van der Waals surface area contributed by atoms with Crippen molar-refractivity contribution in [3.05, 3.63) is 60.1 Å². The van der Waals surface area contributed by atoms with Gasteiger partial charge in [-0.1, -0.05) is 30.3 Å². The first-order valence-electron chi connectivity index (χ1n) is 7.78. The number of amides is 2.